The highest BCUT2D eigenvalue weighted by Crippen LogP contribution is 2.11. The van der Waals surface area contributed by atoms with E-state index >= 15 is 0 Å². The minimum Gasteiger partial charge on any atom is -0.370 e. The van der Waals surface area contributed by atoms with Crippen LogP contribution in [0.1, 0.15) is 12.8 Å². The predicted octanol–water partition coefficient (Wildman–Crippen LogP) is 2.23. The molecule has 0 aromatic carbocycles. The molecule has 0 N–H and O–H groups in total. The zero-order valence-corrected chi connectivity index (χ0v) is 8.26. The third-order valence-electron chi connectivity index (χ3n) is 2.42. The van der Waals surface area contributed by atoms with Crippen molar-refractivity contribution in [3.05, 3.63) is 36.5 Å². The first-order valence-electron chi connectivity index (χ1n) is 5.16. The molecule has 0 amide bonds. The summed E-state index contributed by atoms with van der Waals surface area (Å²) in [4.78, 5) is 0. The van der Waals surface area contributed by atoms with Crippen molar-refractivity contribution in [2.75, 3.05) is 13.2 Å². The fraction of sp³-hybridized carbons (Fsp3) is 0.500. The molecule has 76 valence electrons. The van der Waals surface area contributed by atoms with Gasteiger partial charge in [-0.3, -0.25) is 0 Å². The lowest BCUT2D eigenvalue weighted by molar-refractivity contribution is 0.101. The standard InChI is InChI=1S/C12H16O2/c1-2-9-13-11(5-1)6-3-7-12-8-4-10-14-12/h1-4,6,8,11-12H,5,7,9-10H2/b6-3+. The van der Waals surface area contributed by atoms with E-state index in [0.29, 0.717) is 0 Å². The van der Waals surface area contributed by atoms with Crippen molar-refractivity contribution in [3.8, 4) is 0 Å². The molecule has 0 aliphatic carbocycles. The second-order valence-electron chi connectivity index (χ2n) is 3.54. The lowest BCUT2D eigenvalue weighted by Crippen LogP contribution is -2.12. The highest BCUT2D eigenvalue weighted by molar-refractivity contribution is 5.03. The maximum absolute atomic E-state index is 5.51. The summed E-state index contributed by atoms with van der Waals surface area (Å²) in [5, 5.41) is 0. The Balaban J connectivity index is 1.70. The van der Waals surface area contributed by atoms with Crippen LogP contribution in [0, 0.1) is 0 Å². The molecule has 0 saturated carbocycles. The lowest BCUT2D eigenvalue weighted by Gasteiger charge is -2.14. The summed E-state index contributed by atoms with van der Waals surface area (Å²) in [5.74, 6) is 0. The predicted molar refractivity (Wildman–Crippen MR) is 56.1 cm³/mol. The van der Waals surface area contributed by atoms with Gasteiger partial charge in [0.05, 0.1) is 25.4 Å². The van der Waals surface area contributed by atoms with Gasteiger partial charge >= 0.3 is 0 Å². The SMILES string of the molecule is C1=CC(C/C=C/C2CC=CCO2)OC1. The topological polar surface area (TPSA) is 18.5 Å². The van der Waals surface area contributed by atoms with Crippen LogP contribution in [-0.4, -0.2) is 25.4 Å². The van der Waals surface area contributed by atoms with Gasteiger partial charge in [0.2, 0.25) is 0 Å². The molecule has 0 spiro atoms. The summed E-state index contributed by atoms with van der Waals surface area (Å²) < 4.78 is 10.9. The molecule has 2 unspecified atom stereocenters. The highest BCUT2D eigenvalue weighted by Gasteiger charge is 2.08. The molecule has 0 aromatic rings. The van der Waals surface area contributed by atoms with E-state index in [4.69, 9.17) is 9.47 Å². The van der Waals surface area contributed by atoms with E-state index in [1.54, 1.807) is 0 Å². The van der Waals surface area contributed by atoms with Crippen molar-refractivity contribution in [2.45, 2.75) is 25.0 Å². The maximum atomic E-state index is 5.51. The summed E-state index contributed by atoms with van der Waals surface area (Å²) >= 11 is 0. The minimum absolute atomic E-state index is 0.269. The van der Waals surface area contributed by atoms with E-state index in [-0.39, 0.29) is 12.2 Å². The Morgan fingerprint density at radius 3 is 2.79 bits per heavy atom. The molecule has 0 saturated heterocycles. The third-order valence-corrected chi connectivity index (χ3v) is 2.42. The molecule has 2 aliphatic rings. The smallest absolute Gasteiger partial charge is 0.0795 e. The minimum atomic E-state index is 0.269. The highest BCUT2D eigenvalue weighted by atomic mass is 16.5. The Morgan fingerprint density at radius 2 is 2.07 bits per heavy atom. The fourth-order valence-corrected chi connectivity index (χ4v) is 1.63. The summed E-state index contributed by atoms with van der Waals surface area (Å²) in [7, 11) is 0. The van der Waals surface area contributed by atoms with Crippen molar-refractivity contribution in [2.24, 2.45) is 0 Å². The van der Waals surface area contributed by atoms with Gasteiger partial charge in [-0.1, -0.05) is 36.5 Å². The van der Waals surface area contributed by atoms with Gasteiger partial charge in [-0.25, -0.2) is 0 Å². The Labute approximate surface area is 84.9 Å². The molecular weight excluding hydrogens is 176 g/mol. The van der Waals surface area contributed by atoms with Crippen LogP contribution in [0.4, 0.5) is 0 Å². The zero-order chi connectivity index (χ0) is 9.64. The number of hydrogen-bond donors (Lipinski definition) is 0. The monoisotopic (exact) mass is 192 g/mol. The number of rotatable bonds is 3. The van der Waals surface area contributed by atoms with E-state index in [1.807, 2.05) is 0 Å². The van der Waals surface area contributed by atoms with E-state index in [1.165, 1.54) is 0 Å². The van der Waals surface area contributed by atoms with Crippen LogP contribution in [-0.2, 0) is 9.47 Å². The molecule has 14 heavy (non-hydrogen) atoms. The van der Waals surface area contributed by atoms with E-state index in [2.05, 4.69) is 36.5 Å². The van der Waals surface area contributed by atoms with Gasteiger partial charge in [-0.05, 0) is 12.8 Å². The van der Waals surface area contributed by atoms with E-state index in [9.17, 15) is 0 Å². The van der Waals surface area contributed by atoms with Crippen molar-refractivity contribution >= 4 is 0 Å². The van der Waals surface area contributed by atoms with E-state index in [0.717, 1.165) is 26.1 Å². The molecule has 0 bridgehead atoms. The molecule has 2 heteroatoms. The Bertz CT molecular complexity index is 253. The van der Waals surface area contributed by atoms with Crippen molar-refractivity contribution in [1.29, 1.82) is 0 Å². The maximum Gasteiger partial charge on any atom is 0.0795 e. The largest absolute Gasteiger partial charge is 0.370 e. The first-order chi connectivity index (χ1) is 6.95. The first-order valence-corrected chi connectivity index (χ1v) is 5.16. The summed E-state index contributed by atoms with van der Waals surface area (Å²) in [6.45, 7) is 1.51. The lowest BCUT2D eigenvalue weighted by atomic mass is 10.1. The van der Waals surface area contributed by atoms with Crippen LogP contribution in [0.2, 0.25) is 0 Å². The van der Waals surface area contributed by atoms with Gasteiger partial charge in [0.1, 0.15) is 0 Å². The van der Waals surface area contributed by atoms with Crippen molar-refractivity contribution in [1.82, 2.24) is 0 Å². The van der Waals surface area contributed by atoms with Gasteiger partial charge in [-0.15, -0.1) is 0 Å². The molecule has 2 aliphatic heterocycles. The molecule has 0 radical (unpaired) electrons. The Hall–Kier alpha value is -0.860. The molecule has 0 fully saturated rings. The van der Waals surface area contributed by atoms with Crippen LogP contribution in [0.3, 0.4) is 0 Å². The van der Waals surface area contributed by atoms with Crippen LogP contribution >= 0.6 is 0 Å². The van der Waals surface area contributed by atoms with Crippen LogP contribution in [0.25, 0.3) is 0 Å². The average molecular weight is 192 g/mol. The van der Waals surface area contributed by atoms with Crippen LogP contribution in [0.5, 0.6) is 0 Å². The second-order valence-corrected chi connectivity index (χ2v) is 3.54. The third kappa shape index (κ3) is 2.82. The number of hydrogen-bond acceptors (Lipinski definition) is 2. The Morgan fingerprint density at radius 1 is 1.14 bits per heavy atom. The summed E-state index contributed by atoms with van der Waals surface area (Å²) in [6.07, 6.45) is 15.2. The van der Waals surface area contributed by atoms with Gasteiger partial charge in [0.15, 0.2) is 0 Å². The van der Waals surface area contributed by atoms with Crippen LogP contribution < -0.4 is 0 Å². The zero-order valence-electron chi connectivity index (χ0n) is 8.26. The molecule has 2 atom stereocenters. The summed E-state index contributed by atoms with van der Waals surface area (Å²) in [6, 6.07) is 0. The Kier molecular flexibility index (Phi) is 3.55. The van der Waals surface area contributed by atoms with Gasteiger partial charge in [0.25, 0.3) is 0 Å². The quantitative estimate of drug-likeness (QED) is 0.638. The fourth-order valence-electron chi connectivity index (χ4n) is 1.63. The summed E-state index contributed by atoms with van der Waals surface area (Å²) in [5.41, 5.74) is 0. The normalized spacial score (nSPS) is 31.7. The number of ether oxygens (including phenoxy) is 2. The molecular formula is C12H16O2. The van der Waals surface area contributed by atoms with E-state index < -0.39 is 0 Å². The first kappa shape index (κ1) is 9.69. The van der Waals surface area contributed by atoms with Crippen molar-refractivity contribution in [3.63, 3.8) is 0 Å². The van der Waals surface area contributed by atoms with Gasteiger partial charge in [0, 0.05) is 0 Å². The van der Waals surface area contributed by atoms with Crippen LogP contribution in [0.15, 0.2) is 36.5 Å². The molecule has 2 rings (SSSR count). The van der Waals surface area contributed by atoms with Gasteiger partial charge < -0.3 is 9.47 Å². The second kappa shape index (κ2) is 5.13. The van der Waals surface area contributed by atoms with Crippen molar-refractivity contribution < 1.29 is 9.47 Å². The molecule has 2 heterocycles. The average Bonchev–Trinajstić information content (AvgIpc) is 2.72. The molecule has 0 aromatic heterocycles. The van der Waals surface area contributed by atoms with Gasteiger partial charge in [-0.2, -0.15) is 0 Å². The molecule has 2 nitrogen and oxygen atoms in total.